The van der Waals surface area contributed by atoms with E-state index in [9.17, 15) is 9.67 Å². The summed E-state index contributed by atoms with van der Waals surface area (Å²) in [5, 5.41) is 11.5. The Kier molecular flexibility index (Phi) is 15.0. The number of rotatable bonds is 16. The molecular formula is C63H67N6O4P. The van der Waals surface area contributed by atoms with E-state index < -0.39 is 13.2 Å². The number of hydrogen-bond donors (Lipinski definition) is 1. The molecule has 3 aliphatic rings. The highest BCUT2D eigenvalue weighted by molar-refractivity contribution is 7.53. The van der Waals surface area contributed by atoms with Gasteiger partial charge in [-0.25, -0.2) is 15.0 Å². The molecule has 0 saturated heterocycles. The number of fused-ring (bicyclic) bond motifs is 9. The predicted molar refractivity (Wildman–Crippen MR) is 296 cm³/mol. The minimum atomic E-state index is -3.08. The second kappa shape index (κ2) is 21.9. The van der Waals surface area contributed by atoms with Gasteiger partial charge in [0.25, 0.3) is 0 Å². The maximum absolute atomic E-state index is 13.5. The summed E-state index contributed by atoms with van der Waals surface area (Å²) in [4.78, 5) is 13.8. The van der Waals surface area contributed by atoms with Crippen molar-refractivity contribution >= 4 is 7.60 Å². The summed E-state index contributed by atoms with van der Waals surface area (Å²) in [6.45, 7) is 5.22. The first-order valence-corrected chi connectivity index (χ1v) is 28.0. The molecule has 0 aliphatic heterocycles. The summed E-state index contributed by atoms with van der Waals surface area (Å²) in [7, 11) is 2.96. The number of aromatic nitrogens is 6. The van der Waals surface area contributed by atoms with Gasteiger partial charge in [-0.2, -0.15) is 0 Å². The van der Waals surface area contributed by atoms with Gasteiger partial charge in [-0.15, -0.1) is 0 Å². The fourth-order valence-electron chi connectivity index (χ4n) is 11.5. The van der Waals surface area contributed by atoms with E-state index in [1.807, 2.05) is 79.0 Å². The molecule has 0 amide bonds. The van der Waals surface area contributed by atoms with Crippen LogP contribution in [0.15, 0.2) is 183 Å². The molecule has 6 aromatic carbocycles. The molecule has 0 spiro atoms. The Balaban J connectivity index is 0.000000136. The molecule has 9 aromatic rings. The summed E-state index contributed by atoms with van der Waals surface area (Å²) in [6, 6.07) is 50.7. The highest BCUT2D eigenvalue weighted by Crippen LogP contribution is 2.56. The maximum atomic E-state index is 13.5. The van der Waals surface area contributed by atoms with Crippen molar-refractivity contribution in [1.82, 2.24) is 28.7 Å². The first-order valence-electron chi connectivity index (χ1n) is 26.2. The van der Waals surface area contributed by atoms with Crippen LogP contribution in [-0.4, -0.2) is 53.1 Å². The molecular weight excluding hydrogens is 936 g/mol. The lowest BCUT2D eigenvalue weighted by Crippen LogP contribution is -2.30. The number of unbranched alkanes of at least 4 members (excludes halogenated alkanes) is 3. The second-order valence-corrected chi connectivity index (χ2v) is 21.9. The van der Waals surface area contributed by atoms with Crippen molar-refractivity contribution in [3.8, 4) is 33.4 Å². The third kappa shape index (κ3) is 9.23. The van der Waals surface area contributed by atoms with Gasteiger partial charge in [0.15, 0.2) is 5.60 Å². The molecule has 11 heteroatoms. The summed E-state index contributed by atoms with van der Waals surface area (Å²) >= 11 is 0. The monoisotopic (exact) mass is 1000 g/mol. The number of aryl methyl sites for hydroxylation is 3. The van der Waals surface area contributed by atoms with E-state index in [1.165, 1.54) is 44.5 Å². The average Bonchev–Trinajstić information content (AvgIpc) is 4.31. The van der Waals surface area contributed by atoms with Crippen molar-refractivity contribution in [1.29, 1.82) is 0 Å². The van der Waals surface area contributed by atoms with Crippen LogP contribution >= 0.6 is 7.60 Å². The lowest BCUT2D eigenvalue weighted by Gasteiger charge is -2.32. The van der Waals surface area contributed by atoms with Crippen LogP contribution in [0.3, 0.4) is 0 Å². The zero-order chi connectivity index (χ0) is 51.3. The van der Waals surface area contributed by atoms with Crippen molar-refractivity contribution in [3.05, 3.63) is 234 Å². The molecule has 3 aromatic heterocycles. The van der Waals surface area contributed by atoms with Crippen LogP contribution in [0.25, 0.3) is 33.4 Å². The van der Waals surface area contributed by atoms with E-state index in [4.69, 9.17) is 14.0 Å². The van der Waals surface area contributed by atoms with E-state index in [2.05, 4.69) is 156 Å². The Morgan fingerprint density at radius 1 is 0.500 bits per heavy atom. The molecule has 10 nitrogen and oxygen atoms in total. The van der Waals surface area contributed by atoms with E-state index in [0.717, 1.165) is 78.8 Å². The summed E-state index contributed by atoms with van der Waals surface area (Å²) in [5.74, 6) is 3.07. The fraction of sp³-hybridized carbons (Fsp3) is 0.286. The van der Waals surface area contributed by atoms with Crippen molar-refractivity contribution in [2.75, 3.05) is 19.4 Å². The molecule has 12 rings (SSSR count). The average molecular weight is 1000 g/mol. The van der Waals surface area contributed by atoms with Gasteiger partial charge in [0, 0.05) is 69.5 Å². The lowest BCUT2D eigenvalue weighted by molar-refractivity contribution is 0.117. The largest absolute Gasteiger partial charge is 0.373 e. The minimum absolute atomic E-state index is 0.257. The lowest BCUT2D eigenvalue weighted by atomic mass is 9.73. The molecule has 3 heterocycles. The quantitative estimate of drug-likeness (QED) is 0.0758. The standard InChI is InChI=1S/C29H39N2O3P.C17H14N2O.C17H14N2/c1-4-6-21-33-35(32,34-22-7-5-2)23-13-12-18-29(28-30-19-20-31(28)3)26-16-10-8-14-24(26)25-15-9-11-17-27(25)29;1-19-11-10-18-16(19)17(20)14-8-4-2-6-12(14)13-7-3-5-9-15(13)17;1-19-11-10-18-17(19)16-14-8-4-2-6-12(14)13-7-3-5-9-15(13)16/h8-11,14-17,19-20H,4-7,12-13,18,21-23H2,1-3H3;2-11,20H,1H3;2-11,16H,1H3. The van der Waals surface area contributed by atoms with Crippen molar-refractivity contribution in [2.45, 2.75) is 75.7 Å². The number of nitrogens with zero attached hydrogens (tertiary/aromatic N) is 6. The molecule has 0 unspecified atom stereocenters. The Morgan fingerprint density at radius 2 is 0.905 bits per heavy atom. The number of hydrogen-bond acceptors (Lipinski definition) is 7. The first kappa shape index (κ1) is 50.6. The van der Waals surface area contributed by atoms with Gasteiger partial charge in [-0.3, -0.25) is 4.57 Å². The topological polar surface area (TPSA) is 109 Å². The number of aliphatic hydroxyl groups is 1. The van der Waals surface area contributed by atoms with E-state index in [0.29, 0.717) is 25.2 Å². The normalized spacial score (nSPS) is 14.1. The van der Waals surface area contributed by atoms with E-state index in [-0.39, 0.29) is 11.3 Å². The highest BCUT2D eigenvalue weighted by Gasteiger charge is 2.47. The third-order valence-corrected chi connectivity index (χ3v) is 17.1. The highest BCUT2D eigenvalue weighted by atomic mass is 31.2. The van der Waals surface area contributed by atoms with Crippen LogP contribution in [0.1, 0.15) is 116 Å². The van der Waals surface area contributed by atoms with Crippen LogP contribution < -0.4 is 0 Å². The van der Waals surface area contributed by atoms with Crippen LogP contribution in [0.2, 0.25) is 0 Å². The van der Waals surface area contributed by atoms with E-state index in [1.54, 1.807) is 6.20 Å². The van der Waals surface area contributed by atoms with Gasteiger partial charge in [-0.05, 0) is 81.3 Å². The Hall–Kier alpha value is -6.94. The summed E-state index contributed by atoms with van der Waals surface area (Å²) < 4.78 is 31.3. The zero-order valence-corrected chi connectivity index (χ0v) is 44.2. The Labute approximate surface area is 436 Å². The van der Waals surface area contributed by atoms with Crippen molar-refractivity contribution in [3.63, 3.8) is 0 Å². The van der Waals surface area contributed by atoms with Gasteiger partial charge in [0.2, 0.25) is 0 Å². The molecule has 0 fully saturated rings. The second-order valence-electron chi connectivity index (χ2n) is 19.7. The fourth-order valence-corrected chi connectivity index (χ4v) is 13.3. The molecule has 0 radical (unpaired) electrons. The van der Waals surface area contributed by atoms with Crippen LogP contribution in [0.5, 0.6) is 0 Å². The maximum Gasteiger partial charge on any atom is 0.330 e. The zero-order valence-electron chi connectivity index (χ0n) is 43.3. The van der Waals surface area contributed by atoms with Crippen LogP contribution in [-0.2, 0) is 45.8 Å². The number of benzene rings is 6. The molecule has 3 aliphatic carbocycles. The molecule has 0 bridgehead atoms. The van der Waals surface area contributed by atoms with Crippen molar-refractivity contribution in [2.24, 2.45) is 21.1 Å². The van der Waals surface area contributed by atoms with Gasteiger partial charge < -0.3 is 27.9 Å². The third-order valence-electron chi connectivity index (χ3n) is 15.1. The van der Waals surface area contributed by atoms with Gasteiger partial charge in [0.1, 0.15) is 17.5 Å². The SMILES string of the molecule is CCCCOP(=O)(CCCCC1(c2nccn2C)c2ccccc2-c2ccccc21)OCCCC.Cn1ccnc1C1(O)c2ccccc2-c2ccccc21.Cn1ccnc1C1c2ccccc2-c2ccccc21. The molecule has 378 valence electrons. The van der Waals surface area contributed by atoms with E-state index >= 15 is 0 Å². The summed E-state index contributed by atoms with van der Waals surface area (Å²) in [5.41, 5.74) is 13.0. The van der Waals surface area contributed by atoms with Gasteiger partial charge >= 0.3 is 7.60 Å². The minimum Gasteiger partial charge on any atom is -0.373 e. The summed E-state index contributed by atoms with van der Waals surface area (Å²) in [6.07, 6.45) is 18.2. The van der Waals surface area contributed by atoms with Gasteiger partial charge in [0.05, 0.1) is 30.7 Å². The van der Waals surface area contributed by atoms with Gasteiger partial charge in [-0.1, -0.05) is 179 Å². The predicted octanol–water partition coefficient (Wildman–Crippen LogP) is 14.0. The number of imidazole rings is 3. The smallest absolute Gasteiger partial charge is 0.330 e. The molecule has 74 heavy (non-hydrogen) atoms. The van der Waals surface area contributed by atoms with Crippen molar-refractivity contribution < 1.29 is 18.7 Å². The first-order chi connectivity index (χ1) is 36.1. The Morgan fingerprint density at radius 3 is 1.35 bits per heavy atom. The van der Waals surface area contributed by atoms with Crippen LogP contribution in [0, 0.1) is 0 Å². The molecule has 1 N–H and O–H groups in total. The van der Waals surface area contributed by atoms with Crippen LogP contribution in [0.4, 0.5) is 0 Å². The Bertz CT molecular complexity index is 3270. The molecule has 0 saturated carbocycles. The molecule has 0 atom stereocenters.